The zero-order chi connectivity index (χ0) is 21.8. The van der Waals surface area contributed by atoms with Gasteiger partial charge in [0.15, 0.2) is 6.10 Å². The lowest BCUT2D eigenvalue weighted by Crippen LogP contribution is -2.37. The van der Waals surface area contributed by atoms with Crippen LogP contribution < -0.4 is 0 Å². The van der Waals surface area contributed by atoms with Gasteiger partial charge in [0.25, 0.3) is 5.91 Å². The Labute approximate surface area is 183 Å². The molecule has 1 aliphatic rings. The van der Waals surface area contributed by atoms with E-state index in [1.807, 2.05) is 6.07 Å². The van der Waals surface area contributed by atoms with E-state index < -0.39 is 11.9 Å². The molecule has 3 aromatic carbocycles. The first-order valence-corrected chi connectivity index (χ1v) is 10.1. The van der Waals surface area contributed by atoms with Gasteiger partial charge >= 0.3 is 0 Å². The highest BCUT2D eigenvalue weighted by Crippen LogP contribution is 2.21. The Hall–Kier alpha value is -3.25. The van der Waals surface area contributed by atoms with Crippen LogP contribution >= 0.6 is 11.6 Å². The van der Waals surface area contributed by atoms with Gasteiger partial charge in [0.2, 0.25) is 0 Å². The molecule has 0 bridgehead atoms. The highest BCUT2D eigenvalue weighted by Gasteiger charge is 2.27. The Morgan fingerprint density at radius 2 is 1.77 bits per heavy atom. The molecular weight excluding hydrogens is 422 g/mol. The zero-order valence-electron chi connectivity index (χ0n) is 16.5. The van der Waals surface area contributed by atoms with Crippen molar-refractivity contribution in [1.29, 1.82) is 0 Å². The van der Waals surface area contributed by atoms with Crippen molar-refractivity contribution in [2.75, 3.05) is 6.54 Å². The Bertz CT molecular complexity index is 1140. The van der Waals surface area contributed by atoms with Gasteiger partial charge in [0.1, 0.15) is 11.6 Å². The van der Waals surface area contributed by atoms with Gasteiger partial charge in [-0.3, -0.25) is 4.79 Å². The fourth-order valence-corrected chi connectivity index (χ4v) is 3.70. The van der Waals surface area contributed by atoms with Crippen LogP contribution in [0.4, 0.5) is 8.78 Å². The van der Waals surface area contributed by atoms with E-state index in [2.05, 4.69) is 5.16 Å². The third kappa shape index (κ3) is 5.27. The molecule has 1 aliphatic heterocycles. The molecule has 158 valence electrons. The van der Waals surface area contributed by atoms with Gasteiger partial charge in [-0.2, -0.15) is 0 Å². The molecule has 4 rings (SSSR count). The second-order valence-corrected chi connectivity index (χ2v) is 7.74. The summed E-state index contributed by atoms with van der Waals surface area (Å²) >= 11 is 6.09. The summed E-state index contributed by atoms with van der Waals surface area (Å²) in [6.07, 6.45) is 0.0151. The first kappa shape index (κ1) is 21.0. The van der Waals surface area contributed by atoms with Crippen LogP contribution in [0.3, 0.4) is 0 Å². The van der Waals surface area contributed by atoms with Crippen LogP contribution in [0.1, 0.15) is 27.9 Å². The van der Waals surface area contributed by atoms with Crippen LogP contribution in [-0.2, 0) is 11.4 Å². The van der Waals surface area contributed by atoms with Crippen molar-refractivity contribution in [2.24, 2.45) is 5.16 Å². The summed E-state index contributed by atoms with van der Waals surface area (Å²) in [5, 5.41) is 4.64. The van der Waals surface area contributed by atoms with Crippen molar-refractivity contribution >= 4 is 23.2 Å². The molecule has 1 heterocycles. The molecule has 0 aromatic heterocycles. The van der Waals surface area contributed by atoms with E-state index in [1.165, 1.54) is 30.3 Å². The van der Waals surface area contributed by atoms with E-state index >= 15 is 0 Å². The molecule has 7 heteroatoms. The lowest BCUT2D eigenvalue weighted by Gasteiger charge is -2.25. The smallest absolute Gasteiger partial charge is 0.254 e. The maximum absolute atomic E-state index is 13.7. The summed E-state index contributed by atoms with van der Waals surface area (Å²) in [6, 6.07) is 18.9. The molecule has 0 aliphatic carbocycles. The average Bonchev–Trinajstić information content (AvgIpc) is 3.21. The second-order valence-electron chi connectivity index (χ2n) is 7.31. The van der Waals surface area contributed by atoms with E-state index in [1.54, 1.807) is 41.3 Å². The molecular formula is C24H19ClF2N2O2. The van der Waals surface area contributed by atoms with Crippen molar-refractivity contribution in [1.82, 2.24) is 4.90 Å². The number of carbonyl (C=O) groups excluding carboxylic acids is 1. The van der Waals surface area contributed by atoms with Crippen LogP contribution in [0.2, 0.25) is 5.02 Å². The number of carbonyl (C=O) groups is 1. The molecule has 0 saturated carbocycles. The summed E-state index contributed by atoms with van der Waals surface area (Å²) in [5.41, 5.74) is 2.33. The van der Waals surface area contributed by atoms with Gasteiger partial charge < -0.3 is 9.74 Å². The normalized spacial score (nSPS) is 15.3. The average molecular weight is 441 g/mol. The van der Waals surface area contributed by atoms with Crippen LogP contribution in [0.15, 0.2) is 78.0 Å². The predicted molar refractivity (Wildman–Crippen MR) is 115 cm³/mol. The summed E-state index contributed by atoms with van der Waals surface area (Å²) in [6.45, 7) is 0.495. The minimum absolute atomic E-state index is 0.226. The quantitative estimate of drug-likeness (QED) is 0.511. The molecule has 0 saturated heterocycles. The number of benzene rings is 3. The Morgan fingerprint density at radius 3 is 2.52 bits per heavy atom. The first-order valence-electron chi connectivity index (χ1n) is 9.76. The van der Waals surface area contributed by atoms with Crippen molar-refractivity contribution < 1.29 is 18.4 Å². The largest absolute Gasteiger partial charge is 0.390 e. The van der Waals surface area contributed by atoms with Gasteiger partial charge in [-0.1, -0.05) is 47.1 Å². The molecule has 0 unspecified atom stereocenters. The Kier molecular flexibility index (Phi) is 6.28. The lowest BCUT2D eigenvalue weighted by molar-refractivity contribution is 0.0405. The van der Waals surface area contributed by atoms with E-state index in [0.717, 1.165) is 5.56 Å². The topological polar surface area (TPSA) is 41.9 Å². The van der Waals surface area contributed by atoms with Crippen molar-refractivity contribution in [2.45, 2.75) is 19.1 Å². The number of nitrogens with zero attached hydrogens (tertiary/aromatic N) is 2. The Morgan fingerprint density at radius 1 is 1.03 bits per heavy atom. The van der Waals surface area contributed by atoms with E-state index in [-0.39, 0.29) is 30.4 Å². The SMILES string of the molecule is O=C(c1cccc(F)c1)N(Cc1cccc(Cl)c1)C[C@@H]1CC(c2cccc(F)c2)=NO1. The zero-order valence-corrected chi connectivity index (χ0v) is 17.2. The van der Waals surface area contributed by atoms with E-state index in [4.69, 9.17) is 16.4 Å². The minimum Gasteiger partial charge on any atom is -0.390 e. The van der Waals surface area contributed by atoms with Gasteiger partial charge in [-0.15, -0.1) is 0 Å². The summed E-state index contributed by atoms with van der Waals surface area (Å²) in [5.74, 6) is -1.17. The number of hydrogen-bond acceptors (Lipinski definition) is 3. The molecule has 3 aromatic rings. The molecule has 0 spiro atoms. The number of amides is 1. The van der Waals surface area contributed by atoms with Crippen LogP contribution in [0, 0.1) is 11.6 Å². The maximum atomic E-state index is 13.7. The van der Waals surface area contributed by atoms with Gasteiger partial charge in [-0.25, -0.2) is 8.78 Å². The second kappa shape index (κ2) is 9.27. The number of hydrogen-bond donors (Lipinski definition) is 0. The van der Waals surface area contributed by atoms with Crippen LogP contribution in [0.5, 0.6) is 0 Å². The Balaban J connectivity index is 1.52. The van der Waals surface area contributed by atoms with Gasteiger partial charge in [-0.05, 0) is 48.0 Å². The van der Waals surface area contributed by atoms with E-state index in [9.17, 15) is 13.6 Å². The van der Waals surface area contributed by atoms with Crippen molar-refractivity contribution in [3.63, 3.8) is 0 Å². The number of halogens is 3. The molecule has 1 atom stereocenters. The lowest BCUT2D eigenvalue weighted by atomic mass is 10.0. The minimum atomic E-state index is -0.484. The van der Waals surface area contributed by atoms with Gasteiger partial charge in [0, 0.05) is 29.1 Å². The standard InChI is InChI=1S/C24H19ClF2N2O2/c25-19-7-1-4-16(10-19)14-29(24(30)18-6-3-9-21(27)12-18)15-22-13-23(28-31-22)17-5-2-8-20(26)11-17/h1-12,22H,13-15H2/t22-/m0/s1. The van der Waals surface area contributed by atoms with Crippen LogP contribution in [-0.4, -0.2) is 29.2 Å². The monoisotopic (exact) mass is 440 g/mol. The summed E-state index contributed by atoms with van der Waals surface area (Å²) in [7, 11) is 0. The third-order valence-electron chi connectivity index (χ3n) is 4.94. The van der Waals surface area contributed by atoms with E-state index in [0.29, 0.717) is 22.7 Å². The molecule has 0 fully saturated rings. The molecule has 31 heavy (non-hydrogen) atoms. The number of oxime groups is 1. The molecule has 0 N–H and O–H groups in total. The van der Waals surface area contributed by atoms with Crippen LogP contribution in [0.25, 0.3) is 0 Å². The molecule has 4 nitrogen and oxygen atoms in total. The highest BCUT2D eigenvalue weighted by atomic mass is 35.5. The summed E-state index contributed by atoms with van der Waals surface area (Å²) < 4.78 is 27.2. The predicted octanol–water partition coefficient (Wildman–Crippen LogP) is 5.45. The maximum Gasteiger partial charge on any atom is 0.254 e. The molecule has 0 radical (unpaired) electrons. The third-order valence-corrected chi connectivity index (χ3v) is 5.17. The highest BCUT2D eigenvalue weighted by molar-refractivity contribution is 6.30. The fraction of sp³-hybridized carbons (Fsp3) is 0.167. The molecule has 1 amide bonds. The van der Waals surface area contributed by atoms with Gasteiger partial charge in [0.05, 0.1) is 12.3 Å². The van der Waals surface area contributed by atoms with Crippen molar-refractivity contribution in [3.05, 3.63) is 106 Å². The number of rotatable bonds is 6. The van der Waals surface area contributed by atoms with Crippen molar-refractivity contribution in [3.8, 4) is 0 Å². The first-order chi connectivity index (χ1) is 15.0. The fourth-order valence-electron chi connectivity index (χ4n) is 3.49. The summed E-state index contributed by atoms with van der Waals surface area (Å²) in [4.78, 5) is 20.3.